The van der Waals surface area contributed by atoms with Crippen LogP contribution in [0.5, 0.6) is 5.75 Å². The summed E-state index contributed by atoms with van der Waals surface area (Å²) >= 11 is 5.82. The van der Waals surface area contributed by atoms with Crippen LogP contribution in [-0.4, -0.2) is 62.8 Å². The fraction of sp³-hybridized carbons (Fsp3) is 0.400. The number of aromatic amines is 1. The standard InChI is InChI=1S/C20H21ClN6O2/c21-18-11-23-19(12-22-18)26-6-3-14(4-7-26)27-8-5-17(20(27)28)29-15-1-2-16-13(9-15)10-24-25-16/h1-2,9-12,14,17H,3-8H2,(H,24,25)/t17-/m0/s1. The number of halogens is 1. The van der Waals surface area contributed by atoms with Gasteiger partial charge in [-0.25, -0.2) is 9.97 Å². The molecule has 0 unspecified atom stereocenters. The van der Waals surface area contributed by atoms with E-state index in [1.807, 2.05) is 23.1 Å². The first-order valence-electron chi connectivity index (χ1n) is 9.80. The Morgan fingerprint density at radius 3 is 2.72 bits per heavy atom. The van der Waals surface area contributed by atoms with Crippen molar-refractivity contribution in [2.24, 2.45) is 0 Å². The second-order valence-corrected chi connectivity index (χ2v) is 7.85. The number of ether oxygens (including phenoxy) is 1. The Morgan fingerprint density at radius 1 is 1.07 bits per heavy atom. The molecule has 2 saturated heterocycles. The van der Waals surface area contributed by atoms with Crippen molar-refractivity contribution in [3.05, 3.63) is 41.9 Å². The van der Waals surface area contributed by atoms with Crippen molar-refractivity contribution in [2.75, 3.05) is 24.5 Å². The normalized spacial score (nSPS) is 20.6. The number of piperidine rings is 1. The van der Waals surface area contributed by atoms with Gasteiger partial charge >= 0.3 is 0 Å². The first-order chi connectivity index (χ1) is 14.2. The van der Waals surface area contributed by atoms with Crippen molar-refractivity contribution in [3.8, 4) is 5.75 Å². The summed E-state index contributed by atoms with van der Waals surface area (Å²) in [6, 6.07) is 5.95. The zero-order chi connectivity index (χ0) is 19.8. The summed E-state index contributed by atoms with van der Waals surface area (Å²) in [6.45, 7) is 2.42. The van der Waals surface area contributed by atoms with Gasteiger partial charge in [0.05, 0.1) is 24.1 Å². The number of aromatic nitrogens is 4. The molecule has 1 amide bonds. The smallest absolute Gasteiger partial charge is 0.263 e. The molecule has 0 radical (unpaired) electrons. The van der Waals surface area contributed by atoms with E-state index in [9.17, 15) is 4.79 Å². The number of hydrogen-bond donors (Lipinski definition) is 1. The lowest BCUT2D eigenvalue weighted by atomic mass is 10.0. The lowest BCUT2D eigenvalue weighted by Gasteiger charge is -2.37. The van der Waals surface area contributed by atoms with E-state index in [0.717, 1.165) is 49.2 Å². The van der Waals surface area contributed by atoms with E-state index in [2.05, 4.69) is 25.1 Å². The van der Waals surface area contributed by atoms with Crippen molar-refractivity contribution in [1.82, 2.24) is 25.1 Å². The lowest BCUT2D eigenvalue weighted by molar-refractivity contribution is -0.135. The Balaban J connectivity index is 1.19. The molecule has 0 bridgehead atoms. The number of nitrogens with zero attached hydrogens (tertiary/aromatic N) is 5. The van der Waals surface area contributed by atoms with E-state index < -0.39 is 6.10 Å². The van der Waals surface area contributed by atoms with Crippen LogP contribution in [0.4, 0.5) is 5.82 Å². The molecule has 2 fully saturated rings. The first kappa shape index (κ1) is 18.2. The molecule has 4 heterocycles. The number of nitrogens with one attached hydrogen (secondary N) is 1. The van der Waals surface area contributed by atoms with E-state index in [4.69, 9.17) is 16.3 Å². The molecule has 1 N–H and O–H groups in total. The highest BCUT2D eigenvalue weighted by atomic mass is 35.5. The monoisotopic (exact) mass is 412 g/mol. The summed E-state index contributed by atoms with van der Waals surface area (Å²) in [6.07, 6.45) is 7.13. The molecule has 2 aromatic heterocycles. The molecule has 5 rings (SSSR count). The highest BCUT2D eigenvalue weighted by Crippen LogP contribution is 2.28. The maximum Gasteiger partial charge on any atom is 0.263 e. The molecule has 0 spiro atoms. The predicted octanol–water partition coefficient (Wildman–Crippen LogP) is 2.66. The fourth-order valence-electron chi connectivity index (χ4n) is 4.18. The minimum Gasteiger partial charge on any atom is -0.481 e. The Labute approximate surface area is 172 Å². The van der Waals surface area contributed by atoms with Crippen LogP contribution in [0.25, 0.3) is 10.9 Å². The second-order valence-electron chi connectivity index (χ2n) is 7.46. The van der Waals surface area contributed by atoms with Gasteiger partial charge in [0, 0.05) is 37.5 Å². The van der Waals surface area contributed by atoms with E-state index in [1.165, 1.54) is 0 Å². The van der Waals surface area contributed by atoms with Crippen molar-refractivity contribution in [2.45, 2.75) is 31.4 Å². The largest absolute Gasteiger partial charge is 0.481 e. The van der Waals surface area contributed by atoms with Crippen molar-refractivity contribution >= 4 is 34.2 Å². The zero-order valence-corrected chi connectivity index (χ0v) is 16.5. The van der Waals surface area contributed by atoms with Crippen LogP contribution >= 0.6 is 11.6 Å². The second kappa shape index (κ2) is 7.51. The molecule has 29 heavy (non-hydrogen) atoms. The molecule has 3 aromatic rings. The Morgan fingerprint density at radius 2 is 1.93 bits per heavy atom. The van der Waals surface area contributed by atoms with Gasteiger partial charge in [-0.1, -0.05) is 11.6 Å². The molecule has 9 heteroatoms. The zero-order valence-electron chi connectivity index (χ0n) is 15.8. The summed E-state index contributed by atoms with van der Waals surface area (Å²) in [4.78, 5) is 25.6. The molecule has 0 saturated carbocycles. The van der Waals surface area contributed by atoms with Gasteiger partial charge in [0.2, 0.25) is 0 Å². The minimum absolute atomic E-state index is 0.0852. The molecular weight excluding hydrogens is 392 g/mol. The van der Waals surface area contributed by atoms with Crippen LogP contribution < -0.4 is 9.64 Å². The number of H-pyrrole nitrogens is 1. The molecule has 8 nitrogen and oxygen atoms in total. The van der Waals surface area contributed by atoms with Gasteiger partial charge in [0.1, 0.15) is 16.7 Å². The van der Waals surface area contributed by atoms with E-state index >= 15 is 0 Å². The van der Waals surface area contributed by atoms with Gasteiger partial charge < -0.3 is 14.5 Å². The number of rotatable bonds is 4. The molecule has 2 aliphatic rings. The highest BCUT2D eigenvalue weighted by Gasteiger charge is 2.38. The molecule has 1 atom stereocenters. The highest BCUT2D eigenvalue weighted by molar-refractivity contribution is 6.29. The third-order valence-electron chi connectivity index (χ3n) is 5.72. The number of amides is 1. The number of benzene rings is 1. The van der Waals surface area contributed by atoms with Crippen LogP contribution in [0, 0.1) is 0 Å². The molecule has 2 aliphatic heterocycles. The lowest BCUT2D eigenvalue weighted by Crippen LogP contribution is -2.47. The van der Waals surface area contributed by atoms with Gasteiger partial charge in [-0.15, -0.1) is 0 Å². The predicted molar refractivity (Wildman–Crippen MR) is 109 cm³/mol. The van der Waals surface area contributed by atoms with Gasteiger partial charge in [-0.3, -0.25) is 9.89 Å². The summed E-state index contributed by atoms with van der Waals surface area (Å²) in [7, 11) is 0. The third-order valence-corrected chi connectivity index (χ3v) is 5.91. The Hall–Kier alpha value is -2.87. The van der Waals surface area contributed by atoms with Gasteiger partial charge in [-0.05, 0) is 31.0 Å². The van der Waals surface area contributed by atoms with E-state index in [1.54, 1.807) is 18.6 Å². The van der Waals surface area contributed by atoms with Crippen molar-refractivity contribution in [1.29, 1.82) is 0 Å². The fourth-order valence-corrected chi connectivity index (χ4v) is 4.28. The average Bonchev–Trinajstić information content (AvgIpc) is 3.35. The van der Waals surface area contributed by atoms with E-state index in [0.29, 0.717) is 17.3 Å². The maximum atomic E-state index is 12.9. The van der Waals surface area contributed by atoms with Crippen molar-refractivity contribution in [3.63, 3.8) is 0 Å². The van der Waals surface area contributed by atoms with Gasteiger partial charge in [0.15, 0.2) is 6.10 Å². The summed E-state index contributed by atoms with van der Waals surface area (Å²) in [5.41, 5.74) is 0.953. The minimum atomic E-state index is -0.417. The Bertz CT molecular complexity index is 1020. The van der Waals surface area contributed by atoms with Crippen LogP contribution in [0.3, 0.4) is 0 Å². The molecule has 1 aromatic carbocycles. The summed E-state index contributed by atoms with van der Waals surface area (Å²) < 4.78 is 6.01. The maximum absolute atomic E-state index is 12.9. The molecular formula is C20H21ClN6O2. The number of carbonyl (C=O) groups excluding carboxylic acids is 1. The Kier molecular flexibility index (Phi) is 4.71. The van der Waals surface area contributed by atoms with Crippen LogP contribution in [-0.2, 0) is 4.79 Å². The van der Waals surface area contributed by atoms with Gasteiger partial charge in [-0.2, -0.15) is 5.10 Å². The SMILES string of the molecule is O=C1[C@@H](Oc2ccc3[nH]ncc3c2)CCN1C1CCN(c2cnc(Cl)cn2)CC1. The first-order valence-corrected chi connectivity index (χ1v) is 10.2. The molecule has 0 aliphatic carbocycles. The van der Waals surface area contributed by atoms with E-state index in [-0.39, 0.29) is 11.9 Å². The number of carbonyl (C=O) groups is 1. The van der Waals surface area contributed by atoms with Crippen LogP contribution in [0.15, 0.2) is 36.8 Å². The number of anilines is 1. The average molecular weight is 413 g/mol. The van der Waals surface area contributed by atoms with Crippen LogP contribution in [0.2, 0.25) is 5.15 Å². The summed E-state index contributed by atoms with van der Waals surface area (Å²) in [5.74, 6) is 1.62. The van der Waals surface area contributed by atoms with Gasteiger partial charge in [0.25, 0.3) is 5.91 Å². The molecule has 150 valence electrons. The number of hydrogen-bond acceptors (Lipinski definition) is 6. The topological polar surface area (TPSA) is 87.2 Å². The van der Waals surface area contributed by atoms with Crippen LogP contribution in [0.1, 0.15) is 19.3 Å². The van der Waals surface area contributed by atoms with Crippen molar-refractivity contribution < 1.29 is 9.53 Å². The quantitative estimate of drug-likeness (QED) is 0.708. The third kappa shape index (κ3) is 3.60. The number of likely N-dealkylation sites (tertiary alicyclic amines) is 1. The summed E-state index contributed by atoms with van der Waals surface area (Å²) in [5, 5.41) is 8.31. The number of fused-ring (bicyclic) bond motifs is 1.